The zero-order valence-electron chi connectivity index (χ0n) is 21.1. The van der Waals surface area contributed by atoms with E-state index in [1.807, 2.05) is 72.4 Å². The molecule has 0 saturated carbocycles. The number of thioether (sulfide) groups is 1. The Bertz CT molecular complexity index is 769. The second-order valence-electron chi connectivity index (χ2n) is 10.5. The Morgan fingerprint density at radius 1 is 0.606 bits per heavy atom. The third kappa shape index (κ3) is 10.3. The van der Waals surface area contributed by atoms with Crippen molar-refractivity contribution >= 4 is 23.3 Å². The second kappa shape index (κ2) is 13.7. The number of ketones is 2. The highest BCUT2D eigenvalue weighted by Crippen LogP contribution is 2.28. The van der Waals surface area contributed by atoms with Gasteiger partial charge in [0.25, 0.3) is 0 Å². The minimum atomic E-state index is -0.252. The topological polar surface area (TPSA) is 34.1 Å². The molecule has 0 heterocycles. The summed E-state index contributed by atoms with van der Waals surface area (Å²) < 4.78 is 0. The van der Waals surface area contributed by atoms with Crippen LogP contribution in [0.25, 0.3) is 0 Å². The van der Waals surface area contributed by atoms with Gasteiger partial charge in [0.05, 0.1) is 0 Å². The number of carbonyl (C=O) groups excluding carboxylic acids is 2. The van der Waals surface area contributed by atoms with Crippen LogP contribution in [-0.4, -0.2) is 23.1 Å². The van der Waals surface area contributed by atoms with Crippen LogP contribution in [0.1, 0.15) is 77.3 Å². The van der Waals surface area contributed by atoms with Crippen LogP contribution in [-0.2, 0) is 22.4 Å². The van der Waals surface area contributed by atoms with Gasteiger partial charge in [-0.25, -0.2) is 0 Å². The maximum absolute atomic E-state index is 12.7. The van der Waals surface area contributed by atoms with Gasteiger partial charge in [-0.2, -0.15) is 11.8 Å². The molecule has 2 nitrogen and oxygen atoms in total. The number of hydrogen-bond acceptors (Lipinski definition) is 3. The van der Waals surface area contributed by atoms with Gasteiger partial charge >= 0.3 is 0 Å². The maximum Gasteiger partial charge on any atom is 0.142 e. The fraction of sp³-hybridized carbons (Fsp3) is 0.533. The van der Waals surface area contributed by atoms with E-state index in [0.717, 1.165) is 61.2 Å². The molecule has 2 rings (SSSR count). The fourth-order valence-electron chi connectivity index (χ4n) is 3.96. The highest BCUT2D eigenvalue weighted by molar-refractivity contribution is 7.99. The summed E-state index contributed by atoms with van der Waals surface area (Å²) >= 11 is 2.01. The quantitative estimate of drug-likeness (QED) is 0.237. The lowest BCUT2D eigenvalue weighted by molar-refractivity contribution is -0.127. The van der Waals surface area contributed by atoms with Crippen molar-refractivity contribution in [3.63, 3.8) is 0 Å². The molecule has 0 aliphatic carbocycles. The van der Waals surface area contributed by atoms with Gasteiger partial charge in [0, 0.05) is 23.7 Å². The van der Waals surface area contributed by atoms with E-state index < -0.39 is 0 Å². The van der Waals surface area contributed by atoms with Crippen molar-refractivity contribution in [1.82, 2.24) is 0 Å². The number of unbranched alkanes of at least 4 members (excludes halogenated alkanes) is 2. The zero-order chi connectivity index (χ0) is 24.2. The van der Waals surface area contributed by atoms with Crippen molar-refractivity contribution in [2.45, 2.75) is 79.1 Å². The average Bonchev–Trinajstić information content (AvgIpc) is 2.79. The zero-order valence-corrected chi connectivity index (χ0v) is 21.9. The van der Waals surface area contributed by atoms with Crippen molar-refractivity contribution in [1.29, 1.82) is 0 Å². The number of rotatable bonds is 16. The van der Waals surface area contributed by atoms with Gasteiger partial charge in [-0.1, -0.05) is 101 Å². The Hall–Kier alpha value is -1.87. The summed E-state index contributed by atoms with van der Waals surface area (Å²) in [6.07, 6.45) is 7.50. The van der Waals surface area contributed by atoms with Gasteiger partial charge in [0.15, 0.2) is 0 Å². The predicted octanol–water partition coefficient (Wildman–Crippen LogP) is 7.74. The van der Waals surface area contributed by atoms with Crippen LogP contribution in [0, 0.1) is 10.8 Å². The molecule has 0 atom stereocenters. The predicted molar refractivity (Wildman–Crippen MR) is 143 cm³/mol. The van der Waals surface area contributed by atoms with Gasteiger partial charge in [0.1, 0.15) is 11.6 Å². The molecule has 0 bridgehead atoms. The highest BCUT2D eigenvalue weighted by atomic mass is 32.2. The average molecular weight is 467 g/mol. The van der Waals surface area contributed by atoms with Gasteiger partial charge in [-0.05, 0) is 48.3 Å². The summed E-state index contributed by atoms with van der Waals surface area (Å²) in [5, 5.41) is 0. The van der Waals surface area contributed by atoms with Crippen LogP contribution in [0.15, 0.2) is 60.7 Å². The third-order valence-electron chi connectivity index (χ3n) is 6.61. The van der Waals surface area contributed by atoms with E-state index in [-0.39, 0.29) is 10.8 Å². The number of benzene rings is 2. The Kier molecular flexibility index (Phi) is 11.4. The molecule has 0 spiro atoms. The normalized spacial score (nSPS) is 12.0. The third-order valence-corrected chi connectivity index (χ3v) is 7.76. The minimum Gasteiger partial charge on any atom is -0.299 e. The van der Waals surface area contributed by atoms with E-state index >= 15 is 0 Å². The molecule has 0 amide bonds. The summed E-state index contributed by atoms with van der Waals surface area (Å²) in [7, 11) is 0. The summed E-state index contributed by atoms with van der Waals surface area (Å²) in [4.78, 5) is 25.3. The minimum absolute atomic E-state index is 0.252. The number of carbonyl (C=O) groups is 2. The van der Waals surface area contributed by atoms with Crippen molar-refractivity contribution in [3.8, 4) is 0 Å². The van der Waals surface area contributed by atoms with Crippen molar-refractivity contribution in [2.75, 3.05) is 11.5 Å². The van der Waals surface area contributed by atoms with Crippen LogP contribution in [0.4, 0.5) is 0 Å². The summed E-state index contributed by atoms with van der Waals surface area (Å²) in [6.45, 7) is 8.36. The van der Waals surface area contributed by atoms with E-state index in [2.05, 4.69) is 27.7 Å². The van der Waals surface area contributed by atoms with Gasteiger partial charge in [-0.3, -0.25) is 9.59 Å². The number of hydrogen-bond donors (Lipinski definition) is 0. The molecule has 0 N–H and O–H groups in total. The first kappa shape index (κ1) is 27.4. The molecule has 0 aliphatic heterocycles. The monoisotopic (exact) mass is 466 g/mol. The largest absolute Gasteiger partial charge is 0.299 e. The van der Waals surface area contributed by atoms with Crippen LogP contribution >= 0.6 is 11.8 Å². The number of Topliss-reactive ketones (excluding diaryl/α,β-unsaturated/α-hetero) is 2. The van der Waals surface area contributed by atoms with Gasteiger partial charge < -0.3 is 0 Å². The molecule has 3 heteroatoms. The van der Waals surface area contributed by atoms with Crippen LogP contribution < -0.4 is 0 Å². The summed E-state index contributed by atoms with van der Waals surface area (Å²) in [6, 6.07) is 20.1. The van der Waals surface area contributed by atoms with E-state index in [1.54, 1.807) is 0 Å². The first-order valence-electron chi connectivity index (χ1n) is 12.4. The lowest BCUT2D eigenvalue weighted by Crippen LogP contribution is -2.26. The molecule has 0 aliphatic rings. The lowest BCUT2D eigenvalue weighted by Gasteiger charge is -2.23. The van der Waals surface area contributed by atoms with E-state index in [0.29, 0.717) is 24.4 Å². The SMILES string of the molecule is CC(C)(CCCCSCCCCC(C)(C)C(=O)Cc1ccccc1)C(=O)Cc1ccccc1. The Morgan fingerprint density at radius 3 is 1.33 bits per heavy atom. The van der Waals surface area contributed by atoms with Crippen LogP contribution in [0.2, 0.25) is 0 Å². The molecule has 2 aromatic rings. The summed E-state index contributed by atoms with van der Waals surface area (Å²) in [5.41, 5.74) is 1.71. The van der Waals surface area contributed by atoms with Crippen LogP contribution in [0.5, 0.6) is 0 Å². The molecule has 0 aromatic heterocycles. The lowest BCUT2D eigenvalue weighted by atomic mass is 9.80. The van der Waals surface area contributed by atoms with E-state index in [4.69, 9.17) is 0 Å². The molecule has 2 aromatic carbocycles. The molecule has 0 saturated heterocycles. The van der Waals surface area contributed by atoms with Crippen molar-refractivity contribution in [2.24, 2.45) is 10.8 Å². The second-order valence-corrected chi connectivity index (χ2v) is 11.7. The smallest absolute Gasteiger partial charge is 0.142 e. The van der Waals surface area contributed by atoms with E-state index in [1.165, 1.54) is 0 Å². The molecule has 0 radical (unpaired) electrons. The van der Waals surface area contributed by atoms with Gasteiger partial charge in [0.2, 0.25) is 0 Å². The molecule has 180 valence electrons. The molecule has 33 heavy (non-hydrogen) atoms. The Balaban J connectivity index is 1.54. The van der Waals surface area contributed by atoms with E-state index in [9.17, 15) is 9.59 Å². The van der Waals surface area contributed by atoms with Crippen molar-refractivity contribution in [3.05, 3.63) is 71.8 Å². The molecular weight excluding hydrogens is 424 g/mol. The first-order chi connectivity index (χ1) is 15.7. The molecule has 0 fully saturated rings. The highest BCUT2D eigenvalue weighted by Gasteiger charge is 2.27. The van der Waals surface area contributed by atoms with Crippen LogP contribution in [0.3, 0.4) is 0 Å². The molecule has 0 unspecified atom stereocenters. The Labute approximate surface area is 206 Å². The maximum atomic E-state index is 12.7. The Morgan fingerprint density at radius 2 is 0.970 bits per heavy atom. The van der Waals surface area contributed by atoms with Gasteiger partial charge in [-0.15, -0.1) is 0 Å². The molecular formula is C30H42O2S. The fourth-order valence-corrected chi connectivity index (χ4v) is 4.98. The summed E-state index contributed by atoms with van der Waals surface area (Å²) in [5.74, 6) is 2.98. The van der Waals surface area contributed by atoms with Crippen molar-refractivity contribution < 1.29 is 9.59 Å². The standard InChI is InChI=1S/C30H42O2S/c1-29(2,27(31)23-25-15-7-5-8-16-25)19-11-13-21-33-22-14-12-20-30(3,4)28(32)24-26-17-9-6-10-18-26/h5-10,15-18H,11-14,19-24H2,1-4H3. The first-order valence-corrected chi connectivity index (χ1v) is 13.6.